The molecule has 0 heterocycles. The third-order valence-electron chi connectivity index (χ3n) is 7.83. The summed E-state index contributed by atoms with van der Waals surface area (Å²) in [6.45, 7) is 6.01. The number of carbonyl (C=O) groups is 3. The Bertz CT molecular complexity index is 1410. The molecule has 312 valence electrons. The van der Waals surface area contributed by atoms with E-state index in [4.69, 9.17) is 14.2 Å². The lowest BCUT2D eigenvalue weighted by molar-refractivity contribution is -0.167. The first-order valence-corrected chi connectivity index (χ1v) is 21.2. The van der Waals surface area contributed by atoms with Crippen molar-refractivity contribution in [3.05, 3.63) is 158 Å². The van der Waals surface area contributed by atoms with Gasteiger partial charge in [0.1, 0.15) is 13.2 Å². The van der Waals surface area contributed by atoms with Gasteiger partial charge in [0.05, 0.1) is 0 Å². The maximum absolute atomic E-state index is 12.7. The maximum Gasteiger partial charge on any atom is 0.306 e. The highest BCUT2D eigenvalue weighted by Crippen LogP contribution is 2.10. The lowest BCUT2D eigenvalue weighted by Gasteiger charge is -2.18. The van der Waals surface area contributed by atoms with Gasteiger partial charge in [0.25, 0.3) is 0 Å². The van der Waals surface area contributed by atoms with E-state index in [-0.39, 0.29) is 38.0 Å². The van der Waals surface area contributed by atoms with Crippen molar-refractivity contribution in [3.8, 4) is 0 Å². The van der Waals surface area contributed by atoms with Crippen molar-refractivity contribution in [1.82, 2.24) is 0 Å². The van der Waals surface area contributed by atoms with Crippen LogP contribution in [-0.2, 0) is 28.6 Å². The first-order valence-electron chi connectivity index (χ1n) is 21.2. The number of rotatable bonds is 34. The van der Waals surface area contributed by atoms with Crippen LogP contribution >= 0.6 is 0 Å². The minimum atomic E-state index is -0.858. The molecule has 6 heteroatoms. The van der Waals surface area contributed by atoms with Crippen LogP contribution in [0, 0.1) is 0 Å². The molecule has 57 heavy (non-hydrogen) atoms. The second-order valence-electron chi connectivity index (χ2n) is 13.1. The molecule has 6 nitrogen and oxygen atoms in total. The fraction of sp³-hybridized carbons (Fsp3) is 0.431. The molecule has 0 aliphatic carbocycles. The Kier molecular flexibility index (Phi) is 39.9. The lowest BCUT2D eigenvalue weighted by atomic mass is 10.1. The molecule has 0 rings (SSSR count). The van der Waals surface area contributed by atoms with Gasteiger partial charge in [-0.05, 0) is 64.2 Å². The van der Waals surface area contributed by atoms with Gasteiger partial charge < -0.3 is 14.2 Å². The van der Waals surface area contributed by atoms with Gasteiger partial charge in [-0.25, -0.2) is 0 Å². The Morgan fingerprint density at radius 1 is 0.351 bits per heavy atom. The smallest absolute Gasteiger partial charge is 0.306 e. The van der Waals surface area contributed by atoms with E-state index < -0.39 is 12.1 Å². The number of unbranched alkanes of at least 4 members (excludes halogenated alkanes) is 7. The van der Waals surface area contributed by atoms with Crippen LogP contribution in [0.2, 0.25) is 0 Å². The van der Waals surface area contributed by atoms with Gasteiger partial charge in [-0.3, -0.25) is 14.4 Å². The zero-order chi connectivity index (χ0) is 41.5. The average Bonchev–Trinajstić information content (AvgIpc) is 3.21. The molecule has 0 spiro atoms. The molecule has 0 fully saturated rings. The number of carbonyl (C=O) groups excluding carboxylic acids is 3. The summed E-state index contributed by atoms with van der Waals surface area (Å²) in [4.78, 5) is 37.6. The Balaban J connectivity index is 4.71. The number of ether oxygens (including phenoxy) is 3. The fourth-order valence-electron chi connectivity index (χ4n) is 4.73. The average molecular weight is 781 g/mol. The number of allylic oxidation sites excluding steroid dienone is 26. The van der Waals surface area contributed by atoms with E-state index in [1.165, 1.54) is 0 Å². The highest BCUT2D eigenvalue weighted by molar-refractivity contribution is 5.71. The predicted octanol–water partition coefficient (Wildman–Crippen LogP) is 13.5. The zero-order valence-corrected chi connectivity index (χ0v) is 35.3. The molecule has 0 aromatic carbocycles. The van der Waals surface area contributed by atoms with Crippen LogP contribution in [-0.4, -0.2) is 37.2 Å². The first-order chi connectivity index (χ1) is 28.0. The minimum absolute atomic E-state index is 0.149. The highest BCUT2D eigenvalue weighted by Gasteiger charge is 2.19. The highest BCUT2D eigenvalue weighted by atomic mass is 16.6. The quantitative estimate of drug-likeness (QED) is 0.0280. The van der Waals surface area contributed by atoms with Gasteiger partial charge in [0, 0.05) is 19.3 Å². The van der Waals surface area contributed by atoms with Crippen LogP contribution in [0.15, 0.2) is 158 Å². The van der Waals surface area contributed by atoms with Gasteiger partial charge in [-0.15, -0.1) is 0 Å². The Hall–Kier alpha value is -4.97. The summed E-state index contributed by atoms with van der Waals surface area (Å²) in [6, 6.07) is 0. The van der Waals surface area contributed by atoms with Crippen molar-refractivity contribution in [3.63, 3.8) is 0 Å². The molecule has 0 aromatic heterocycles. The van der Waals surface area contributed by atoms with Crippen molar-refractivity contribution in [1.29, 1.82) is 0 Å². The molecular weight excluding hydrogens is 709 g/mol. The second kappa shape index (κ2) is 43.8. The summed E-state index contributed by atoms with van der Waals surface area (Å²) in [5.41, 5.74) is 0. The summed E-state index contributed by atoms with van der Waals surface area (Å²) in [6.07, 6.45) is 63.8. The van der Waals surface area contributed by atoms with Crippen molar-refractivity contribution in [2.75, 3.05) is 13.2 Å². The van der Waals surface area contributed by atoms with E-state index in [1.807, 2.05) is 122 Å². The normalized spacial score (nSPS) is 13.7. The molecule has 0 bridgehead atoms. The number of hydrogen-bond acceptors (Lipinski definition) is 6. The molecule has 1 unspecified atom stereocenters. The van der Waals surface area contributed by atoms with Gasteiger partial charge in [-0.2, -0.15) is 0 Å². The monoisotopic (exact) mass is 781 g/mol. The fourth-order valence-corrected chi connectivity index (χ4v) is 4.73. The molecule has 0 saturated carbocycles. The van der Waals surface area contributed by atoms with Gasteiger partial charge in [-0.1, -0.05) is 198 Å². The summed E-state index contributed by atoms with van der Waals surface area (Å²) in [5.74, 6) is -1.14. The van der Waals surface area contributed by atoms with Gasteiger partial charge in [0.15, 0.2) is 6.10 Å². The van der Waals surface area contributed by atoms with Crippen LogP contribution in [0.3, 0.4) is 0 Å². The Labute approximate surface area is 346 Å². The molecule has 0 aliphatic rings. The molecule has 0 aliphatic heterocycles. The SMILES string of the molecule is CC/C=C/C=C/C=C/C=C/C=C/CCCC(=O)OCC(COC(=O)CCCCCCC/C=C/C=C/C=C/CC)OC(=O)CCC/C=C/C=C/C=C/C=C/C=C/CC. The van der Waals surface area contributed by atoms with E-state index in [1.54, 1.807) is 0 Å². The second-order valence-corrected chi connectivity index (χ2v) is 13.1. The standard InChI is InChI=1S/C51H72O6/c1-4-7-10-13-16-19-22-25-28-31-34-37-40-43-49(52)55-46-48(57-51(54)45-42-39-36-33-30-27-24-21-18-15-12-9-6-3)47-56-50(53)44-41-38-35-32-29-26-23-20-17-14-11-8-5-2/h7-25,27-28,30-31,33-34,36,48H,4-6,26,29,32,35,37-47H2,1-3H3/b10-7+,11-8+,12-9+,16-13+,17-14+,18-15+,22-19+,23-20+,24-21+,28-25+,30-27+,34-31+,36-33+. The van der Waals surface area contributed by atoms with E-state index in [0.717, 1.165) is 64.2 Å². The Morgan fingerprint density at radius 2 is 0.649 bits per heavy atom. The van der Waals surface area contributed by atoms with Crippen LogP contribution in [0.25, 0.3) is 0 Å². The summed E-state index contributed by atoms with van der Waals surface area (Å²) in [5, 5.41) is 0. The van der Waals surface area contributed by atoms with Crippen LogP contribution < -0.4 is 0 Å². The molecule has 0 N–H and O–H groups in total. The molecule has 0 saturated heterocycles. The van der Waals surface area contributed by atoms with Crippen LogP contribution in [0.4, 0.5) is 0 Å². The van der Waals surface area contributed by atoms with Gasteiger partial charge >= 0.3 is 17.9 Å². The van der Waals surface area contributed by atoms with E-state index in [9.17, 15) is 14.4 Å². The lowest BCUT2D eigenvalue weighted by Crippen LogP contribution is -2.30. The topological polar surface area (TPSA) is 78.9 Å². The number of esters is 3. The third-order valence-corrected chi connectivity index (χ3v) is 7.83. The molecule has 0 amide bonds. The van der Waals surface area contributed by atoms with E-state index in [0.29, 0.717) is 25.7 Å². The molecule has 0 radical (unpaired) electrons. The first kappa shape index (κ1) is 52.0. The predicted molar refractivity (Wildman–Crippen MR) is 242 cm³/mol. The van der Waals surface area contributed by atoms with E-state index >= 15 is 0 Å². The van der Waals surface area contributed by atoms with Crippen LogP contribution in [0.1, 0.15) is 124 Å². The van der Waals surface area contributed by atoms with Crippen molar-refractivity contribution in [2.45, 2.75) is 130 Å². The summed E-state index contributed by atoms with van der Waals surface area (Å²) in [7, 11) is 0. The Morgan fingerprint density at radius 3 is 1.05 bits per heavy atom. The number of hydrogen-bond donors (Lipinski definition) is 0. The minimum Gasteiger partial charge on any atom is -0.462 e. The third kappa shape index (κ3) is 42.0. The molecule has 1 atom stereocenters. The zero-order valence-electron chi connectivity index (χ0n) is 35.3. The van der Waals surface area contributed by atoms with Crippen molar-refractivity contribution in [2.24, 2.45) is 0 Å². The maximum atomic E-state index is 12.7. The van der Waals surface area contributed by atoms with Crippen molar-refractivity contribution < 1.29 is 28.6 Å². The molecule has 0 aromatic rings. The van der Waals surface area contributed by atoms with Gasteiger partial charge in [0.2, 0.25) is 0 Å². The largest absolute Gasteiger partial charge is 0.462 e. The molecular formula is C51H72O6. The summed E-state index contributed by atoms with van der Waals surface area (Å²) < 4.78 is 16.5. The van der Waals surface area contributed by atoms with Crippen molar-refractivity contribution >= 4 is 17.9 Å². The summed E-state index contributed by atoms with van der Waals surface area (Å²) >= 11 is 0. The van der Waals surface area contributed by atoms with Crippen LogP contribution in [0.5, 0.6) is 0 Å². The van der Waals surface area contributed by atoms with E-state index in [2.05, 4.69) is 57.2 Å².